The van der Waals surface area contributed by atoms with Crippen LogP contribution in [-0.2, 0) is 9.47 Å². The molecule has 1 saturated carbocycles. The molecule has 126 valence electrons. The molecular weight excluding hydrogens is 296 g/mol. The van der Waals surface area contributed by atoms with Crippen LogP contribution in [0.15, 0.2) is 16.9 Å². The molecule has 0 aromatic carbocycles. The number of pyridine rings is 1. The van der Waals surface area contributed by atoms with Gasteiger partial charge in [-0.05, 0) is 38.7 Å². The van der Waals surface area contributed by atoms with Crippen LogP contribution >= 0.6 is 0 Å². The summed E-state index contributed by atoms with van der Waals surface area (Å²) >= 11 is 0. The average Bonchev–Trinajstić information content (AvgIpc) is 2.92. The third-order valence-electron chi connectivity index (χ3n) is 5.36. The van der Waals surface area contributed by atoms with E-state index in [1.807, 2.05) is 4.90 Å². The molecule has 1 N–H and O–H groups in total. The zero-order chi connectivity index (χ0) is 16.6. The van der Waals surface area contributed by atoms with Gasteiger partial charge in [0.15, 0.2) is 0 Å². The van der Waals surface area contributed by atoms with Crippen LogP contribution in [0.1, 0.15) is 41.7 Å². The van der Waals surface area contributed by atoms with E-state index in [2.05, 4.69) is 4.98 Å². The third-order valence-corrected chi connectivity index (χ3v) is 5.36. The Morgan fingerprint density at radius 1 is 1.35 bits per heavy atom. The lowest BCUT2D eigenvalue weighted by molar-refractivity contribution is -0.0893. The standard InChI is InChI=1S/C17H24N2O4/c1-11-8-12(9-15(20)18-11)16(21)19-7-6-17(23-3)5-4-13(22-2)10-14(17)19/h8-9,13-14H,4-7,10H2,1-3H3,(H,18,20)/t13-,14+,17-/m1/s1. The second-order valence-corrected chi connectivity index (χ2v) is 6.58. The van der Waals surface area contributed by atoms with Crippen molar-refractivity contribution < 1.29 is 14.3 Å². The SMILES string of the molecule is CO[C@@H]1CC[C@@]2(OC)CCN(C(=O)c3cc(C)[nH]c(=O)c3)[C@H]2C1. The van der Waals surface area contributed by atoms with Gasteiger partial charge in [-0.1, -0.05) is 0 Å². The van der Waals surface area contributed by atoms with Crippen LogP contribution in [0.25, 0.3) is 0 Å². The molecule has 0 unspecified atom stereocenters. The molecule has 0 bridgehead atoms. The number of hydrogen-bond donors (Lipinski definition) is 1. The summed E-state index contributed by atoms with van der Waals surface area (Å²) in [5.74, 6) is -0.0973. The summed E-state index contributed by atoms with van der Waals surface area (Å²) in [4.78, 5) is 29.1. The van der Waals surface area contributed by atoms with Crippen molar-refractivity contribution in [2.24, 2.45) is 0 Å². The molecule has 1 amide bonds. The van der Waals surface area contributed by atoms with Crippen LogP contribution in [-0.4, -0.2) is 54.3 Å². The summed E-state index contributed by atoms with van der Waals surface area (Å²) in [6.45, 7) is 2.43. The van der Waals surface area contributed by atoms with Crippen molar-refractivity contribution in [2.45, 2.75) is 50.4 Å². The number of carbonyl (C=O) groups is 1. The maximum Gasteiger partial charge on any atom is 0.254 e. The first-order valence-electron chi connectivity index (χ1n) is 8.09. The second kappa shape index (κ2) is 6.09. The predicted octanol–water partition coefficient (Wildman–Crippen LogP) is 1.48. The van der Waals surface area contributed by atoms with Gasteiger partial charge >= 0.3 is 0 Å². The molecule has 1 aliphatic heterocycles. The second-order valence-electron chi connectivity index (χ2n) is 6.58. The molecule has 23 heavy (non-hydrogen) atoms. The Bertz CT molecular complexity index is 656. The minimum atomic E-state index is -0.277. The Kier molecular flexibility index (Phi) is 4.29. The summed E-state index contributed by atoms with van der Waals surface area (Å²) in [5.41, 5.74) is 0.610. The maximum atomic E-state index is 12.9. The van der Waals surface area contributed by atoms with E-state index in [1.54, 1.807) is 27.2 Å². The van der Waals surface area contributed by atoms with E-state index >= 15 is 0 Å². The number of nitrogens with one attached hydrogen (secondary N) is 1. The quantitative estimate of drug-likeness (QED) is 0.916. The van der Waals surface area contributed by atoms with Crippen molar-refractivity contribution in [3.63, 3.8) is 0 Å². The minimum absolute atomic E-state index is 0.00158. The van der Waals surface area contributed by atoms with Crippen molar-refractivity contribution in [3.8, 4) is 0 Å². The molecule has 0 radical (unpaired) electrons. The number of fused-ring (bicyclic) bond motifs is 1. The molecule has 1 aromatic rings. The minimum Gasteiger partial charge on any atom is -0.381 e. The third kappa shape index (κ3) is 2.81. The van der Waals surface area contributed by atoms with Gasteiger partial charge in [-0.25, -0.2) is 0 Å². The highest BCUT2D eigenvalue weighted by atomic mass is 16.5. The van der Waals surface area contributed by atoms with Crippen molar-refractivity contribution >= 4 is 5.91 Å². The first-order chi connectivity index (χ1) is 11.0. The van der Waals surface area contributed by atoms with Crippen LogP contribution < -0.4 is 5.56 Å². The topological polar surface area (TPSA) is 71.6 Å². The van der Waals surface area contributed by atoms with Gasteiger partial charge < -0.3 is 19.4 Å². The fraction of sp³-hybridized carbons (Fsp3) is 0.647. The van der Waals surface area contributed by atoms with Gasteiger partial charge in [-0.3, -0.25) is 9.59 Å². The number of methoxy groups -OCH3 is 2. The van der Waals surface area contributed by atoms with Crippen molar-refractivity contribution in [3.05, 3.63) is 33.7 Å². The van der Waals surface area contributed by atoms with Crippen LogP contribution in [0.3, 0.4) is 0 Å². The van der Waals surface area contributed by atoms with Gasteiger partial charge in [0.05, 0.1) is 17.7 Å². The molecule has 3 rings (SSSR count). The number of ether oxygens (including phenoxy) is 2. The van der Waals surface area contributed by atoms with Crippen molar-refractivity contribution in [2.75, 3.05) is 20.8 Å². The molecule has 2 fully saturated rings. The Balaban J connectivity index is 1.90. The normalized spacial score (nSPS) is 30.3. The van der Waals surface area contributed by atoms with E-state index in [9.17, 15) is 9.59 Å². The Morgan fingerprint density at radius 2 is 2.13 bits per heavy atom. The lowest BCUT2D eigenvalue weighted by Crippen LogP contribution is -2.53. The van der Waals surface area contributed by atoms with Crippen LogP contribution in [0.5, 0.6) is 0 Å². The Morgan fingerprint density at radius 3 is 2.78 bits per heavy atom. The molecule has 1 saturated heterocycles. The summed E-state index contributed by atoms with van der Waals surface area (Å²) < 4.78 is 11.4. The Labute approximate surface area is 135 Å². The molecule has 3 atom stereocenters. The number of nitrogens with zero attached hydrogens (tertiary/aromatic N) is 1. The largest absolute Gasteiger partial charge is 0.381 e. The number of aryl methyl sites for hydroxylation is 1. The maximum absolute atomic E-state index is 12.9. The highest BCUT2D eigenvalue weighted by Gasteiger charge is 2.52. The van der Waals surface area contributed by atoms with Crippen LogP contribution in [0, 0.1) is 6.92 Å². The summed E-state index contributed by atoms with van der Waals surface area (Å²) in [6, 6.07) is 3.10. The molecule has 1 aromatic heterocycles. The van der Waals surface area contributed by atoms with Gasteiger partial charge in [0.1, 0.15) is 0 Å². The fourth-order valence-electron chi connectivity index (χ4n) is 4.09. The lowest BCUT2D eigenvalue weighted by Gasteiger charge is -2.43. The number of carbonyl (C=O) groups excluding carboxylic acids is 1. The van der Waals surface area contributed by atoms with Crippen LogP contribution in [0.2, 0.25) is 0 Å². The number of likely N-dealkylation sites (tertiary alicyclic amines) is 1. The summed E-state index contributed by atoms with van der Waals surface area (Å²) in [6.07, 6.45) is 3.60. The molecule has 2 heterocycles. The zero-order valence-corrected chi connectivity index (χ0v) is 13.9. The van der Waals surface area contributed by atoms with E-state index in [0.29, 0.717) is 17.8 Å². The number of aromatic nitrogens is 1. The number of aromatic amines is 1. The predicted molar refractivity (Wildman–Crippen MR) is 85.6 cm³/mol. The van der Waals surface area contributed by atoms with Gasteiger partial charge in [-0.15, -0.1) is 0 Å². The number of amides is 1. The van der Waals surface area contributed by atoms with Crippen molar-refractivity contribution in [1.29, 1.82) is 0 Å². The van der Waals surface area contributed by atoms with E-state index in [0.717, 1.165) is 25.7 Å². The molecule has 6 nitrogen and oxygen atoms in total. The lowest BCUT2D eigenvalue weighted by atomic mass is 9.79. The summed E-state index contributed by atoms with van der Waals surface area (Å²) in [7, 11) is 3.44. The van der Waals surface area contributed by atoms with Crippen LogP contribution in [0.4, 0.5) is 0 Å². The van der Waals surface area contributed by atoms with E-state index in [4.69, 9.17) is 9.47 Å². The summed E-state index contributed by atoms with van der Waals surface area (Å²) in [5, 5.41) is 0. The molecule has 0 spiro atoms. The van der Waals surface area contributed by atoms with Gasteiger partial charge in [0.2, 0.25) is 5.56 Å². The van der Waals surface area contributed by atoms with Gasteiger partial charge in [0.25, 0.3) is 5.91 Å². The number of hydrogen-bond acceptors (Lipinski definition) is 4. The molecular formula is C17H24N2O4. The monoisotopic (exact) mass is 320 g/mol. The zero-order valence-electron chi connectivity index (χ0n) is 13.9. The van der Waals surface area contributed by atoms with E-state index in [-0.39, 0.29) is 29.2 Å². The smallest absolute Gasteiger partial charge is 0.254 e. The fourth-order valence-corrected chi connectivity index (χ4v) is 4.09. The number of rotatable bonds is 3. The molecule has 6 heteroatoms. The Hall–Kier alpha value is -1.66. The highest BCUT2D eigenvalue weighted by Crippen LogP contribution is 2.43. The number of H-pyrrole nitrogens is 1. The van der Waals surface area contributed by atoms with E-state index in [1.165, 1.54) is 6.07 Å². The first kappa shape index (κ1) is 16.2. The van der Waals surface area contributed by atoms with Crippen molar-refractivity contribution in [1.82, 2.24) is 9.88 Å². The van der Waals surface area contributed by atoms with Gasteiger partial charge in [0, 0.05) is 38.1 Å². The molecule has 2 aliphatic rings. The average molecular weight is 320 g/mol. The first-order valence-corrected chi connectivity index (χ1v) is 8.09. The molecule has 1 aliphatic carbocycles. The van der Waals surface area contributed by atoms with E-state index < -0.39 is 0 Å². The highest BCUT2D eigenvalue weighted by molar-refractivity contribution is 5.94. The van der Waals surface area contributed by atoms with Gasteiger partial charge in [-0.2, -0.15) is 0 Å².